The maximum atomic E-state index is 12.0. The molecule has 0 aliphatic heterocycles. The highest BCUT2D eigenvalue weighted by molar-refractivity contribution is 5.98. The summed E-state index contributed by atoms with van der Waals surface area (Å²) >= 11 is 0. The molecular formula is C18H18N2O5. The van der Waals surface area contributed by atoms with Crippen LogP contribution in [0.3, 0.4) is 0 Å². The Kier molecular flexibility index (Phi) is 5.73. The van der Waals surface area contributed by atoms with Gasteiger partial charge in [0.15, 0.2) is 0 Å². The first-order chi connectivity index (χ1) is 12.0. The van der Waals surface area contributed by atoms with Crippen LogP contribution in [0.25, 0.3) is 5.70 Å². The first-order valence-electron chi connectivity index (χ1n) is 7.39. The highest BCUT2D eigenvalue weighted by atomic mass is 16.6. The number of hydrogen-bond acceptors (Lipinski definition) is 6. The lowest BCUT2D eigenvalue weighted by atomic mass is 10.1. The highest BCUT2D eigenvalue weighted by Crippen LogP contribution is 2.29. The summed E-state index contributed by atoms with van der Waals surface area (Å²) < 4.78 is 9.74. The molecule has 25 heavy (non-hydrogen) atoms. The van der Waals surface area contributed by atoms with Gasteiger partial charge in [-0.15, -0.1) is 0 Å². The molecule has 0 fully saturated rings. The second-order valence-electron chi connectivity index (χ2n) is 5.07. The smallest absolute Gasteiger partial charge is 0.411 e. The maximum Gasteiger partial charge on any atom is 0.411 e. The molecule has 0 heterocycles. The first kappa shape index (κ1) is 18.0. The molecule has 130 valence electrons. The third kappa shape index (κ3) is 3.95. The summed E-state index contributed by atoms with van der Waals surface area (Å²) in [6, 6.07) is 15.6. The Bertz CT molecular complexity index is 785. The molecule has 0 aliphatic rings. The van der Waals surface area contributed by atoms with Crippen LogP contribution in [0.4, 0.5) is 5.69 Å². The maximum absolute atomic E-state index is 12.0. The third-order valence-corrected chi connectivity index (χ3v) is 3.63. The lowest BCUT2D eigenvalue weighted by molar-refractivity contribution is -0.420. The van der Waals surface area contributed by atoms with Crippen molar-refractivity contribution in [2.45, 2.75) is 0 Å². The Balaban J connectivity index is 2.65. The second kappa shape index (κ2) is 7.96. The third-order valence-electron chi connectivity index (χ3n) is 3.63. The van der Waals surface area contributed by atoms with Gasteiger partial charge in [0.2, 0.25) is 0 Å². The van der Waals surface area contributed by atoms with Crippen molar-refractivity contribution in [1.82, 2.24) is 0 Å². The van der Waals surface area contributed by atoms with Gasteiger partial charge >= 0.3 is 11.7 Å². The summed E-state index contributed by atoms with van der Waals surface area (Å²) in [5.41, 5.74) is 0.690. The van der Waals surface area contributed by atoms with Crippen LogP contribution in [0, 0.1) is 10.1 Å². The minimum Gasteiger partial charge on any atom is -0.497 e. The minimum absolute atomic E-state index is 0.141. The van der Waals surface area contributed by atoms with Crippen molar-refractivity contribution >= 4 is 17.4 Å². The molecule has 0 aliphatic carbocycles. The van der Waals surface area contributed by atoms with Crippen molar-refractivity contribution in [3.63, 3.8) is 0 Å². The van der Waals surface area contributed by atoms with Crippen molar-refractivity contribution in [2.24, 2.45) is 0 Å². The second-order valence-corrected chi connectivity index (χ2v) is 5.07. The fourth-order valence-corrected chi connectivity index (χ4v) is 2.37. The van der Waals surface area contributed by atoms with E-state index in [1.807, 2.05) is 0 Å². The van der Waals surface area contributed by atoms with Gasteiger partial charge < -0.3 is 14.4 Å². The SMILES string of the molecule is COC(=O)/C(=C(/c1ccccc1)N(C)c1ccc(OC)cc1)[N+](=O)[O-]. The number of anilines is 1. The van der Waals surface area contributed by atoms with Crippen LogP contribution < -0.4 is 9.64 Å². The number of ether oxygens (including phenoxy) is 2. The zero-order chi connectivity index (χ0) is 18.4. The normalized spacial score (nSPS) is 11.3. The molecule has 0 N–H and O–H groups in total. The van der Waals surface area contributed by atoms with Crippen molar-refractivity contribution in [3.05, 3.63) is 76.0 Å². The monoisotopic (exact) mass is 342 g/mol. The molecular weight excluding hydrogens is 324 g/mol. The van der Waals surface area contributed by atoms with E-state index in [-0.39, 0.29) is 5.70 Å². The molecule has 0 atom stereocenters. The van der Waals surface area contributed by atoms with E-state index >= 15 is 0 Å². The number of hydrogen-bond donors (Lipinski definition) is 0. The van der Waals surface area contributed by atoms with Gasteiger partial charge in [-0.1, -0.05) is 30.3 Å². The molecule has 0 amide bonds. The average molecular weight is 342 g/mol. The van der Waals surface area contributed by atoms with Gasteiger partial charge in [-0.25, -0.2) is 4.79 Å². The lowest BCUT2D eigenvalue weighted by Gasteiger charge is -2.22. The number of benzene rings is 2. The Labute approximate surface area is 145 Å². The Hall–Kier alpha value is -3.35. The molecule has 0 unspecified atom stereocenters. The van der Waals surface area contributed by atoms with Crippen molar-refractivity contribution in [3.8, 4) is 5.75 Å². The number of nitrogens with zero attached hydrogens (tertiary/aromatic N) is 2. The van der Waals surface area contributed by atoms with Crippen LogP contribution in [0.5, 0.6) is 5.75 Å². The molecule has 0 spiro atoms. The number of carbonyl (C=O) groups excluding carboxylic acids is 1. The summed E-state index contributed by atoms with van der Waals surface area (Å²) in [6.45, 7) is 0. The number of esters is 1. The molecule has 2 rings (SSSR count). The topological polar surface area (TPSA) is 81.9 Å². The van der Waals surface area contributed by atoms with E-state index in [2.05, 4.69) is 4.74 Å². The van der Waals surface area contributed by atoms with Gasteiger partial charge in [0.1, 0.15) is 11.4 Å². The van der Waals surface area contributed by atoms with E-state index in [4.69, 9.17) is 4.74 Å². The Morgan fingerprint density at radius 1 is 1.04 bits per heavy atom. The standard InChI is InChI=1S/C18H18N2O5/c1-19(14-9-11-15(24-2)12-10-14)16(13-7-5-4-6-8-13)17(20(22)23)18(21)25-3/h4-12H,1-3H3/b17-16+. The molecule has 0 aromatic heterocycles. The predicted octanol–water partition coefficient (Wildman–Crippen LogP) is 2.95. The fraction of sp³-hybridized carbons (Fsp3) is 0.167. The van der Waals surface area contributed by atoms with Crippen molar-refractivity contribution in [2.75, 3.05) is 26.2 Å². The summed E-state index contributed by atoms with van der Waals surface area (Å²) in [4.78, 5) is 24.4. The van der Waals surface area contributed by atoms with Gasteiger partial charge in [-0.05, 0) is 24.3 Å². The largest absolute Gasteiger partial charge is 0.497 e. The summed E-state index contributed by atoms with van der Waals surface area (Å²) in [5, 5.41) is 11.6. The summed E-state index contributed by atoms with van der Waals surface area (Å²) in [7, 11) is 4.31. The van der Waals surface area contributed by atoms with Gasteiger partial charge in [0.05, 0.1) is 19.1 Å². The zero-order valence-electron chi connectivity index (χ0n) is 14.1. The van der Waals surface area contributed by atoms with E-state index in [0.29, 0.717) is 17.0 Å². The van der Waals surface area contributed by atoms with Crippen LogP contribution >= 0.6 is 0 Å². The van der Waals surface area contributed by atoms with Gasteiger partial charge in [-0.2, -0.15) is 0 Å². The average Bonchev–Trinajstić information content (AvgIpc) is 2.65. The quantitative estimate of drug-likeness (QED) is 0.347. The predicted molar refractivity (Wildman–Crippen MR) is 93.8 cm³/mol. The van der Waals surface area contributed by atoms with Crippen LogP contribution in [-0.2, 0) is 9.53 Å². The zero-order valence-corrected chi connectivity index (χ0v) is 14.1. The minimum atomic E-state index is -1.01. The highest BCUT2D eigenvalue weighted by Gasteiger charge is 2.32. The van der Waals surface area contributed by atoms with E-state index in [0.717, 1.165) is 7.11 Å². The Morgan fingerprint density at radius 3 is 2.12 bits per heavy atom. The van der Waals surface area contributed by atoms with Gasteiger partial charge in [-0.3, -0.25) is 10.1 Å². The van der Waals surface area contributed by atoms with Crippen LogP contribution in [-0.4, -0.2) is 32.2 Å². The number of nitro groups is 1. The van der Waals surface area contributed by atoms with Crippen LogP contribution in [0.15, 0.2) is 60.3 Å². The number of rotatable bonds is 6. The van der Waals surface area contributed by atoms with E-state index < -0.39 is 16.6 Å². The van der Waals surface area contributed by atoms with E-state index in [1.165, 1.54) is 0 Å². The van der Waals surface area contributed by atoms with E-state index in [1.54, 1.807) is 73.7 Å². The van der Waals surface area contributed by atoms with Crippen molar-refractivity contribution in [1.29, 1.82) is 0 Å². The molecule has 0 radical (unpaired) electrons. The molecule has 7 nitrogen and oxygen atoms in total. The van der Waals surface area contributed by atoms with Gasteiger partial charge in [0, 0.05) is 18.3 Å². The van der Waals surface area contributed by atoms with Crippen LogP contribution in [0.1, 0.15) is 5.56 Å². The molecule has 0 saturated carbocycles. The van der Waals surface area contributed by atoms with Gasteiger partial charge in [0.25, 0.3) is 0 Å². The molecule has 0 saturated heterocycles. The molecule has 7 heteroatoms. The lowest BCUT2D eigenvalue weighted by Crippen LogP contribution is -2.24. The fourth-order valence-electron chi connectivity index (χ4n) is 2.37. The molecule has 2 aromatic rings. The van der Waals surface area contributed by atoms with Crippen LogP contribution in [0.2, 0.25) is 0 Å². The first-order valence-corrected chi connectivity index (χ1v) is 7.39. The molecule has 0 bridgehead atoms. The van der Waals surface area contributed by atoms with E-state index in [9.17, 15) is 14.9 Å². The number of carbonyl (C=O) groups is 1. The summed E-state index contributed by atoms with van der Waals surface area (Å²) in [5.74, 6) is -0.353. The number of methoxy groups -OCH3 is 2. The van der Waals surface area contributed by atoms with Crippen molar-refractivity contribution < 1.29 is 19.2 Å². The Morgan fingerprint density at radius 2 is 1.64 bits per heavy atom. The molecule has 2 aromatic carbocycles. The summed E-state index contributed by atoms with van der Waals surface area (Å²) in [6.07, 6.45) is 0.